The molecule has 1 rings (SSSR count). The lowest BCUT2D eigenvalue weighted by molar-refractivity contribution is -0.129. The van der Waals surface area contributed by atoms with E-state index < -0.39 is 5.97 Å². The summed E-state index contributed by atoms with van der Waals surface area (Å²) in [6.45, 7) is 0. The standard InChI is InChI=1S/C11H13NO5/c1-15-7-5-4-6-8(16-2)9(7)10(11(13)14)12-17-3/h4-6H,1-3H3,(H,13,14). The van der Waals surface area contributed by atoms with E-state index in [9.17, 15) is 4.79 Å². The SMILES string of the molecule is CON=C(C(=O)O)c1c(OC)cccc1OC. The zero-order valence-corrected chi connectivity index (χ0v) is 9.76. The van der Waals surface area contributed by atoms with E-state index in [-0.39, 0.29) is 11.3 Å². The maximum atomic E-state index is 11.1. The summed E-state index contributed by atoms with van der Waals surface area (Å²) in [6, 6.07) is 4.92. The molecule has 0 amide bonds. The number of oxime groups is 1. The number of aliphatic carboxylic acids is 1. The van der Waals surface area contributed by atoms with Gasteiger partial charge in [-0.3, -0.25) is 0 Å². The Morgan fingerprint density at radius 2 is 1.71 bits per heavy atom. The summed E-state index contributed by atoms with van der Waals surface area (Å²) >= 11 is 0. The van der Waals surface area contributed by atoms with Crippen LogP contribution in [0.15, 0.2) is 23.4 Å². The second-order valence-corrected chi connectivity index (χ2v) is 2.97. The van der Waals surface area contributed by atoms with Crippen LogP contribution in [0.3, 0.4) is 0 Å². The molecule has 0 saturated heterocycles. The Kier molecular flexibility index (Phi) is 4.33. The van der Waals surface area contributed by atoms with Gasteiger partial charge in [-0.2, -0.15) is 0 Å². The maximum Gasteiger partial charge on any atom is 0.358 e. The highest BCUT2D eigenvalue weighted by atomic mass is 16.6. The highest BCUT2D eigenvalue weighted by Gasteiger charge is 2.22. The Hall–Kier alpha value is -2.24. The van der Waals surface area contributed by atoms with Gasteiger partial charge in [0.1, 0.15) is 18.6 Å². The van der Waals surface area contributed by atoms with Gasteiger partial charge in [-0.25, -0.2) is 4.79 Å². The third-order valence-corrected chi connectivity index (χ3v) is 2.05. The number of rotatable bonds is 5. The largest absolute Gasteiger partial charge is 0.496 e. The van der Waals surface area contributed by atoms with Crippen LogP contribution in [0.4, 0.5) is 0 Å². The van der Waals surface area contributed by atoms with E-state index in [0.717, 1.165) is 0 Å². The molecule has 0 atom stereocenters. The molecule has 0 aliphatic rings. The van der Waals surface area contributed by atoms with Crippen LogP contribution in [-0.4, -0.2) is 38.1 Å². The first-order valence-corrected chi connectivity index (χ1v) is 4.71. The molecule has 92 valence electrons. The number of hydrogen-bond acceptors (Lipinski definition) is 5. The van der Waals surface area contributed by atoms with Crippen molar-refractivity contribution in [3.63, 3.8) is 0 Å². The van der Waals surface area contributed by atoms with Gasteiger partial charge < -0.3 is 19.4 Å². The predicted molar refractivity (Wildman–Crippen MR) is 60.7 cm³/mol. The van der Waals surface area contributed by atoms with Crippen molar-refractivity contribution < 1.29 is 24.2 Å². The second kappa shape index (κ2) is 5.74. The first-order chi connectivity index (χ1) is 8.15. The van der Waals surface area contributed by atoms with Crippen LogP contribution in [-0.2, 0) is 9.63 Å². The summed E-state index contributed by atoms with van der Waals surface area (Å²) in [5, 5.41) is 12.5. The number of ether oxygens (including phenoxy) is 2. The molecule has 0 saturated carbocycles. The van der Waals surface area contributed by atoms with Crippen LogP contribution in [0, 0.1) is 0 Å². The number of carbonyl (C=O) groups is 1. The molecular formula is C11H13NO5. The molecule has 1 N–H and O–H groups in total. The van der Waals surface area contributed by atoms with Crippen molar-refractivity contribution in [1.82, 2.24) is 0 Å². The van der Waals surface area contributed by atoms with E-state index in [0.29, 0.717) is 11.5 Å². The lowest BCUT2D eigenvalue weighted by Gasteiger charge is -2.11. The molecule has 0 aromatic heterocycles. The van der Waals surface area contributed by atoms with Crippen LogP contribution in [0.2, 0.25) is 0 Å². The van der Waals surface area contributed by atoms with E-state index in [2.05, 4.69) is 9.99 Å². The molecule has 0 aliphatic carbocycles. The number of methoxy groups -OCH3 is 2. The van der Waals surface area contributed by atoms with Gasteiger partial charge in [-0.15, -0.1) is 0 Å². The average molecular weight is 239 g/mol. The maximum absolute atomic E-state index is 11.1. The molecule has 0 bridgehead atoms. The Balaban J connectivity index is 3.44. The van der Waals surface area contributed by atoms with Crippen molar-refractivity contribution in [3.8, 4) is 11.5 Å². The highest BCUT2D eigenvalue weighted by Crippen LogP contribution is 2.29. The minimum Gasteiger partial charge on any atom is -0.496 e. The molecule has 6 heteroatoms. The van der Waals surface area contributed by atoms with Crippen LogP contribution < -0.4 is 9.47 Å². The molecule has 1 aromatic carbocycles. The van der Waals surface area contributed by atoms with Crippen molar-refractivity contribution in [1.29, 1.82) is 0 Å². The summed E-state index contributed by atoms with van der Waals surface area (Å²) in [7, 11) is 4.14. The molecule has 0 heterocycles. The smallest absolute Gasteiger partial charge is 0.358 e. The fraction of sp³-hybridized carbons (Fsp3) is 0.273. The molecule has 0 unspecified atom stereocenters. The summed E-state index contributed by atoms with van der Waals surface area (Å²) in [6.07, 6.45) is 0. The van der Waals surface area contributed by atoms with Crippen molar-refractivity contribution in [3.05, 3.63) is 23.8 Å². The summed E-state index contributed by atoms with van der Waals surface area (Å²) in [4.78, 5) is 15.6. The summed E-state index contributed by atoms with van der Waals surface area (Å²) in [5.74, 6) is -0.528. The van der Waals surface area contributed by atoms with E-state index >= 15 is 0 Å². The molecule has 0 spiro atoms. The van der Waals surface area contributed by atoms with E-state index in [1.165, 1.54) is 21.3 Å². The van der Waals surface area contributed by atoms with Gasteiger partial charge in [0.15, 0.2) is 0 Å². The fourth-order valence-electron chi connectivity index (χ4n) is 1.37. The van der Waals surface area contributed by atoms with Crippen LogP contribution >= 0.6 is 0 Å². The van der Waals surface area contributed by atoms with Crippen molar-refractivity contribution in [2.24, 2.45) is 5.16 Å². The van der Waals surface area contributed by atoms with Crippen LogP contribution in [0.1, 0.15) is 5.56 Å². The predicted octanol–water partition coefficient (Wildman–Crippen LogP) is 1.14. The lowest BCUT2D eigenvalue weighted by atomic mass is 10.1. The fourth-order valence-corrected chi connectivity index (χ4v) is 1.37. The second-order valence-electron chi connectivity index (χ2n) is 2.97. The Labute approximate surface area is 98.4 Å². The van der Waals surface area contributed by atoms with Crippen LogP contribution in [0.5, 0.6) is 11.5 Å². The summed E-state index contributed by atoms with van der Waals surface area (Å²) < 4.78 is 10.2. The Morgan fingerprint density at radius 3 is 2.06 bits per heavy atom. The normalized spacial score (nSPS) is 10.9. The van der Waals surface area contributed by atoms with Gasteiger partial charge in [-0.1, -0.05) is 11.2 Å². The first-order valence-electron chi connectivity index (χ1n) is 4.71. The quantitative estimate of drug-likeness (QED) is 0.615. The minimum absolute atomic E-state index is 0.242. The minimum atomic E-state index is -1.23. The monoisotopic (exact) mass is 239 g/mol. The first kappa shape index (κ1) is 12.8. The Bertz CT molecular complexity index is 419. The van der Waals surface area contributed by atoms with Gasteiger partial charge in [0.05, 0.1) is 19.8 Å². The molecule has 17 heavy (non-hydrogen) atoms. The topological polar surface area (TPSA) is 77.4 Å². The number of carboxylic acid groups (broad SMARTS) is 1. The zero-order chi connectivity index (χ0) is 12.8. The van der Waals surface area contributed by atoms with Crippen molar-refractivity contribution >= 4 is 11.7 Å². The van der Waals surface area contributed by atoms with E-state index in [1.54, 1.807) is 18.2 Å². The molecule has 1 aromatic rings. The third kappa shape index (κ3) is 2.66. The number of nitrogens with zero attached hydrogens (tertiary/aromatic N) is 1. The van der Waals surface area contributed by atoms with Crippen molar-refractivity contribution in [2.45, 2.75) is 0 Å². The van der Waals surface area contributed by atoms with Gasteiger partial charge in [0.25, 0.3) is 0 Å². The highest BCUT2D eigenvalue weighted by molar-refractivity contribution is 6.43. The number of hydrogen-bond donors (Lipinski definition) is 1. The number of carboxylic acids is 1. The third-order valence-electron chi connectivity index (χ3n) is 2.05. The van der Waals surface area contributed by atoms with E-state index in [1.807, 2.05) is 0 Å². The van der Waals surface area contributed by atoms with Gasteiger partial charge >= 0.3 is 5.97 Å². The average Bonchev–Trinajstić information content (AvgIpc) is 2.34. The Morgan fingerprint density at radius 1 is 1.18 bits per heavy atom. The number of benzene rings is 1. The van der Waals surface area contributed by atoms with E-state index in [4.69, 9.17) is 14.6 Å². The van der Waals surface area contributed by atoms with Crippen molar-refractivity contribution in [2.75, 3.05) is 21.3 Å². The summed E-state index contributed by atoms with van der Waals surface area (Å²) in [5.41, 5.74) is -0.0337. The van der Waals surface area contributed by atoms with Gasteiger partial charge in [0.2, 0.25) is 5.71 Å². The molecule has 0 radical (unpaired) electrons. The van der Waals surface area contributed by atoms with Gasteiger partial charge in [0, 0.05) is 0 Å². The molecular weight excluding hydrogens is 226 g/mol. The van der Waals surface area contributed by atoms with Crippen LogP contribution in [0.25, 0.3) is 0 Å². The lowest BCUT2D eigenvalue weighted by Crippen LogP contribution is -2.17. The van der Waals surface area contributed by atoms with Gasteiger partial charge in [-0.05, 0) is 12.1 Å². The molecule has 0 aliphatic heterocycles. The molecule has 0 fully saturated rings. The molecule has 6 nitrogen and oxygen atoms in total. The zero-order valence-electron chi connectivity index (χ0n) is 9.76.